The molecule has 2 atom stereocenters. The first-order valence-electron chi connectivity index (χ1n) is 6.26. The number of carbonyl (C=O) groups is 3. The molecule has 0 spiro atoms. The SMILES string of the molecule is CN(Cc1ccc(C(N)=O)cc1)C(=O)C1CC1C(=O)O. The van der Waals surface area contributed by atoms with Crippen LogP contribution in [0.3, 0.4) is 0 Å². The van der Waals surface area contributed by atoms with Crippen LogP contribution in [0.4, 0.5) is 0 Å². The van der Waals surface area contributed by atoms with Crippen molar-refractivity contribution in [2.75, 3.05) is 7.05 Å². The first kappa shape index (κ1) is 14.0. The van der Waals surface area contributed by atoms with Crippen molar-refractivity contribution in [1.29, 1.82) is 0 Å². The van der Waals surface area contributed by atoms with E-state index in [1.165, 1.54) is 4.90 Å². The molecule has 0 bridgehead atoms. The molecule has 2 rings (SSSR count). The fourth-order valence-corrected chi connectivity index (χ4v) is 2.15. The summed E-state index contributed by atoms with van der Waals surface area (Å²) in [7, 11) is 1.64. The average molecular weight is 276 g/mol. The second kappa shape index (κ2) is 5.32. The van der Waals surface area contributed by atoms with E-state index in [0.717, 1.165) is 5.56 Å². The van der Waals surface area contributed by atoms with E-state index in [9.17, 15) is 14.4 Å². The molecule has 6 heteroatoms. The minimum atomic E-state index is -0.914. The third-order valence-corrected chi connectivity index (χ3v) is 3.46. The van der Waals surface area contributed by atoms with Crippen LogP contribution < -0.4 is 5.73 Å². The normalized spacial score (nSPS) is 20.2. The number of rotatable bonds is 5. The molecule has 6 nitrogen and oxygen atoms in total. The molecule has 20 heavy (non-hydrogen) atoms. The van der Waals surface area contributed by atoms with E-state index in [1.807, 2.05) is 0 Å². The quantitative estimate of drug-likeness (QED) is 0.816. The van der Waals surface area contributed by atoms with Crippen LogP contribution in [-0.2, 0) is 16.1 Å². The highest BCUT2D eigenvalue weighted by molar-refractivity contribution is 5.92. The molecule has 1 fully saturated rings. The third-order valence-electron chi connectivity index (χ3n) is 3.46. The van der Waals surface area contributed by atoms with Crippen LogP contribution in [0.2, 0.25) is 0 Å². The summed E-state index contributed by atoms with van der Waals surface area (Å²) in [6, 6.07) is 6.66. The number of hydrogen-bond donors (Lipinski definition) is 2. The predicted octanol–water partition coefficient (Wildman–Crippen LogP) is 0.465. The highest BCUT2D eigenvalue weighted by atomic mass is 16.4. The molecule has 2 amide bonds. The molecular weight excluding hydrogens is 260 g/mol. The molecule has 1 saturated carbocycles. The van der Waals surface area contributed by atoms with Crippen molar-refractivity contribution in [3.63, 3.8) is 0 Å². The first-order valence-corrected chi connectivity index (χ1v) is 6.26. The van der Waals surface area contributed by atoms with Gasteiger partial charge in [-0.05, 0) is 24.1 Å². The zero-order valence-electron chi connectivity index (χ0n) is 11.1. The van der Waals surface area contributed by atoms with Gasteiger partial charge in [-0.25, -0.2) is 0 Å². The minimum absolute atomic E-state index is 0.156. The lowest BCUT2D eigenvalue weighted by molar-refractivity contribution is -0.141. The van der Waals surface area contributed by atoms with Gasteiger partial charge in [-0.1, -0.05) is 12.1 Å². The van der Waals surface area contributed by atoms with Crippen LogP contribution in [0.15, 0.2) is 24.3 Å². The van der Waals surface area contributed by atoms with E-state index in [4.69, 9.17) is 10.8 Å². The maximum atomic E-state index is 12.0. The van der Waals surface area contributed by atoms with Gasteiger partial charge >= 0.3 is 5.97 Å². The summed E-state index contributed by atoms with van der Waals surface area (Å²) in [5, 5.41) is 8.81. The molecule has 1 aromatic rings. The van der Waals surface area contributed by atoms with E-state index in [0.29, 0.717) is 18.5 Å². The van der Waals surface area contributed by atoms with E-state index in [2.05, 4.69) is 0 Å². The number of carbonyl (C=O) groups excluding carboxylic acids is 2. The van der Waals surface area contributed by atoms with Crippen molar-refractivity contribution >= 4 is 17.8 Å². The minimum Gasteiger partial charge on any atom is -0.481 e. The summed E-state index contributed by atoms with van der Waals surface area (Å²) in [4.78, 5) is 35.2. The molecule has 0 heterocycles. The van der Waals surface area contributed by atoms with Gasteiger partial charge in [-0.15, -0.1) is 0 Å². The monoisotopic (exact) mass is 276 g/mol. The van der Waals surface area contributed by atoms with E-state index in [-0.39, 0.29) is 5.91 Å². The van der Waals surface area contributed by atoms with Crippen LogP contribution in [0.25, 0.3) is 0 Å². The van der Waals surface area contributed by atoms with Crippen LogP contribution >= 0.6 is 0 Å². The number of aliphatic carboxylic acids is 1. The first-order chi connectivity index (χ1) is 9.40. The molecule has 1 aromatic carbocycles. The molecule has 2 unspecified atom stereocenters. The van der Waals surface area contributed by atoms with Gasteiger partial charge in [-0.2, -0.15) is 0 Å². The smallest absolute Gasteiger partial charge is 0.307 e. The molecular formula is C14H16N2O4. The number of benzene rings is 1. The van der Waals surface area contributed by atoms with Crippen LogP contribution in [-0.4, -0.2) is 34.8 Å². The highest BCUT2D eigenvalue weighted by Crippen LogP contribution is 2.40. The Hall–Kier alpha value is -2.37. The second-order valence-corrected chi connectivity index (χ2v) is 5.04. The van der Waals surface area contributed by atoms with Gasteiger partial charge in [0.05, 0.1) is 11.8 Å². The van der Waals surface area contributed by atoms with E-state index >= 15 is 0 Å². The summed E-state index contributed by atoms with van der Waals surface area (Å²) in [6.07, 6.45) is 0.416. The molecule has 0 saturated heterocycles. The fraction of sp³-hybridized carbons (Fsp3) is 0.357. The predicted molar refractivity (Wildman–Crippen MR) is 70.7 cm³/mol. The fourth-order valence-electron chi connectivity index (χ4n) is 2.15. The van der Waals surface area contributed by atoms with Gasteiger partial charge in [0.1, 0.15) is 0 Å². The zero-order chi connectivity index (χ0) is 14.9. The number of carboxylic acid groups (broad SMARTS) is 1. The summed E-state index contributed by atoms with van der Waals surface area (Å²) < 4.78 is 0. The maximum absolute atomic E-state index is 12.0. The Morgan fingerprint density at radius 3 is 2.30 bits per heavy atom. The standard InChI is InChI=1S/C14H16N2O4/c1-16(13(18)10-6-11(10)14(19)20)7-8-2-4-9(5-3-8)12(15)17/h2-5,10-11H,6-7H2,1H3,(H2,15,17)(H,19,20). The Balaban J connectivity index is 1.94. The maximum Gasteiger partial charge on any atom is 0.307 e. The lowest BCUT2D eigenvalue weighted by atomic mass is 10.1. The summed E-state index contributed by atoms with van der Waals surface area (Å²) >= 11 is 0. The zero-order valence-corrected chi connectivity index (χ0v) is 11.1. The van der Waals surface area contributed by atoms with Crippen molar-refractivity contribution in [1.82, 2.24) is 4.90 Å². The lowest BCUT2D eigenvalue weighted by Crippen LogP contribution is -2.28. The summed E-state index contributed by atoms with van der Waals surface area (Å²) in [6.45, 7) is 0.376. The number of carboxylic acids is 1. The molecule has 0 aromatic heterocycles. The Labute approximate surface area is 116 Å². The van der Waals surface area contributed by atoms with E-state index in [1.54, 1.807) is 31.3 Å². The molecule has 1 aliphatic carbocycles. The van der Waals surface area contributed by atoms with Crippen molar-refractivity contribution in [3.8, 4) is 0 Å². The highest BCUT2D eigenvalue weighted by Gasteiger charge is 2.49. The molecule has 1 aliphatic rings. The average Bonchev–Trinajstić information content (AvgIpc) is 3.18. The van der Waals surface area contributed by atoms with Crippen molar-refractivity contribution in [2.24, 2.45) is 17.6 Å². The van der Waals surface area contributed by atoms with Gasteiger partial charge in [0.2, 0.25) is 11.8 Å². The Morgan fingerprint density at radius 1 is 1.25 bits per heavy atom. The van der Waals surface area contributed by atoms with Crippen molar-refractivity contribution in [2.45, 2.75) is 13.0 Å². The summed E-state index contributed by atoms with van der Waals surface area (Å²) in [5.74, 6) is -2.51. The topological polar surface area (TPSA) is 101 Å². The number of primary amides is 1. The Bertz CT molecular complexity index is 553. The molecule has 106 valence electrons. The lowest BCUT2D eigenvalue weighted by Gasteiger charge is -2.17. The van der Waals surface area contributed by atoms with Crippen LogP contribution in [0.1, 0.15) is 22.3 Å². The molecule has 0 aliphatic heterocycles. The Kier molecular flexibility index (Phi) is 3.74. The van der Waals surface area contributed by atoms with Gasteiger partial charge in [0, 0.05) is 19.2 Å². The van der Waals surface area contributed by atoms with Gasteiger partial charge in [0.25, 0.3) is 0 Å². The second-order valence-electron chi connectivity index (χ2n) is 5.04. The third kappa shape index (κ3) is 2.96. The number of amides is 2. The largest absolute Gasteiger partial charge is 0.481 e. The van der Waals surface area contributed by atoms with Crippen LogP contribution in [0, 0.1) is 11.8 Å². The number of nitrogens with zero attached hydrogens (tertiary/aromatic N) is 1. The number of hydrogen-bond acceptors (Lipinski definition) is 3. The Morgan fingerprint density at radius 2 is 1.85 bits per heavy atom. The van der Waals surface area contributed by atoms with Gasteiger partial charge < -0.3 is 15.7 Å². The van der Waals surface area contributed by atoms with Crippen molar-refractivity contribution in [3.05, 3.63) is 35.4 Å². The summed E-state index contributed by atoms with van der Waals surface area (Å²) in [5.41, 5.74) is 6.42. The van der Waals surface area contributed by atoms with E-state index < -0.39 is 23.7 Å². The van der Waals surface area contributed by atoms with Crippen molar-refractivity contribution < 1.29 is 19.5 Å². The number of nitrogens with two attached hydrogens (primary N) is 1. The molecule has 3 N–H and O–H groups in total. The van der Waals surface area contributed by atoms with Gasteiger partial charge in [-0.3, -0.25) is 14.4 Å². The van der Waals surface area contributed by atoms with Gasteiger partial charge in [0.15, 0.2) is 0 Å². The van der Waals surface area contributed by atoms with Crippen LogP contribution in [0.5, 0.6) is 0 Å². The molecule has 0 radical (unpaired) electrons.